The second-order valence-corrected chi connectivity index (χ2v) is 7.60. The number of hydrogen-bond donors (Lipinski definition) is 2. The molecule has 3 aromatic rings. The first-order valence-electron chi connectivity index (χ1n) is 11.2. The van der Waals surface area contributed by atoms with Gasteiger partial charge in [0.05, 0.1) is 18.0 Å². The fourth-order valence-electron chi connectivity index (χ4n) is 3.33. The van der Waals surface area contributed by atoms with Crippen molar-refractivity contribution in [2.45, 2.75) is 46.0 Å². The lowest BCUT2D eigenvalue weighted by Gasteiger charge is -2.11. The highest BCUT2D eigenvalue weighted by Gasteiger charge is 2.14. The standard InChI is InChI=1S/C25H29FN4O3/c1-3-5-8-21-17-23(28-25(32)27-20-13-11-19(26)12-14-20)30(29-21)22-9-6-7-18(16-22)10-15-24(31)33-4-2/h6-7,9,11-14,16-17H,3-5,8,10,15H2,1-2H3,(H2,27,28,32). The van der Waals surface area contributed by atoms with Gasteiger partial charge in [-0.1, -0.05) is 25.5 Å². The van der Waals surface area contributed by atoms with E-state index in [0.29, 0.717) is 31.0 Å². The number of aromatic nitrogens is 2. The maximum Gasteiger partial charge on any atom is 0.324 e. The number of amides is 2. The number of benzene rings is 2. The zero-order chi connectivity index (χ0) is 23.6. The molecule has 0 aliphatic carbocycles. The average Bonchev–Trinajstić information content (AvgIpc) is 3.20. The number of urea groups is 1. The summed E-state index contributed by atoms with van der Waals surface area (Å²) < 4.78 is 19.8. The van der Waals surface area contributed by atoms with E-state index in [0.717, 1.165) is 36.2 Å². The molecule has 33 heavy (non-hydrogen) atoms. The van der Waals surface area contributed by atoms with Gasteiger partial charge in [-0.3, -0.25) is 10.1 Å². The van der Waals surface area contributed by atoms with Gasteiger partial charge >= 0.3 is 12.0 Å². The van der Waals surface area contributed by atoms with Gasteiger partial charge in [-0.05, 0) is 68.1 Å². The molecule has 0 aliphatic heterocycles. The fraction of sp³-hybridized carbons (Fsp3) is 0.320. The van der Waals surface area contributed by atoms with E-state index >= 15 is 0 Å². The van der Waals surface area contributed by atoms with Gasteiger partial charge in [0.15, 0.2) is 0 Å². The highest BCUT2D eigenvalue weighted by atomic mass is 19.1. The Bertz CT molecular complexity index is 1080. The van der Waals surface area contributed by atoms with Crippen molar-refractivity contribution in [1.82, 2.24) is 9.78 Å². The van der Waals surface area contributed by atoms with Gasteiger partial charge in [0.25, 0.3) is 0 Å². The monoisotopic (exact) mass is 452 g/mol. The number of aryl methyl sites for hydroxylation is 2. The Kier molecular flexibility index (Phi) is 8.57. The van der Waals surface area contributed by atoms with Crippen LogP contribution in [-0.4, -0.2) is 28.4 Å². The fourth-order valence-corrected chi connectivity index (χ4v) is 3.33. The molecule has 3 rings (SSSR count). The Hall–Kier alpha value is -3.68. The summed E-state index contributed by atoms with van der Waals surface area (Å²) in [6, 6.07) is 14.6. The number of esters is 1. The molecule has 7 nitrogen and oxygen atoms in total. The summed E-state index contributed by atoms with van der Waals surface area (Å²) in [7, 11) is 0. The van der Waals surface area contributed by atoms with E-state index < -0.39 is 6.03 Å². The van der Waals surface area contributed by atoms with Crippen LogP contribution in [0.25, 0.3) is 5.69 Å². The number of ether oxygens (including phenoxy) is 1. The van der Waals surface area contributed by atoms with Gasteiger partial charge in [-0.25, -0.2) is 13.9 Å². The van der Waals surface area contributed by atoms with Crippen molar-refractivity contribution in [3.8, 4) is 5.69 Å². The van der Waals surface area contributed by atoms with Crippen LogP contribution >= 0.6 is 0 Å². The number of rotatable bonds is 10. The van der Waals surface area contributed by atoms with Crippen LogP contribution in [0.1, 0.15) is 44.4 Å². The number of nitrogens with zero attached hydrogens (tertiary/aromatic N) is 2. The predicted molar refractivity (Wildman–Crippen MR) is 126 cm³/mol. The lowest BCUT2D eigenvalue weighted by molar-refractivity contribution is -0.143. The van der Waals surface area contributed by atoms with Gasteiger partial charge in [0, 0.05) is 18.2 Å². The van der Waals surface area contributed by atoms with Crippen LogP contribution in [-0.2, 0) is 22.4 Å². The van der Waals surface area contributed by atoms with Gasteiger partial charge in [-0.2, -0.15) is 5.10 Å². The van der Waals surface area contributed by atoms with Crippen LogP contribution in [0.3, 0.4) is 0 Å². The van der Waals surface area contributed by atoms with Crippen LogP contribution in [0.4, 0.5) is 20.7 Å². The van der Waals surface area contributed by atoms with Crippen molar-refractivity contribution in [2.24, 2.45) is 0 Å². The number of unbranched alkanes of at least 4 members (excludes halogenated alkanes) is 1. The topological polar surface area (TPSA) is 85.2 Å². The second kappa shape index (κ2) is 11.8. The number of halogens is 1. The van der Waals surface area contributed by atoms with Crippen molar-refractivity contribution in [3.63, 3.8) is 0 Å². The van der Waals surface area contributed by atoms with E-state index in [1.807, 2.05) is 30.3 Å². The summed E-state index contributed by atoms with van der Waals surface area (Å²) in [5, 5.41) is 10.2. The van der Waals surface area contributed by atoms with Crippen molar-refractivity contribution in [3.05, 3.63) is 71.7 Å². The minimum Gasteiger partial charge on any atom is -0.466 e. The lowest BCUT2D eigenvalue weighted by Crippen LogP contribution is -2.21. The third kappa shape index (κ3) is 7.17. The van der Waals surface area contributed by atoms with Crippen molar-refractivity contribution in [1.29, 1.82) is 0 Å². The first-order valence-corrected chi connectivity index (χ1v) is 11.2. The molecule has 1 aromatic heterocycles. The van der Waals surface area contributed by atoms with E-state index in [1.165, 1.54) is 24.3 Å². The molecule has 0 spiro atoms. The Morgan fingerprint density at radius 2 is 1.82 bits per heavy atom. The molecule has 0 radical (unpaired) electrons. The smallest absolute Gasteiger partial charge is 0.324 e. The second-order valence-electron chi connectivity index (χ2n) is 7.60. The molecular formula is C25H29FN4O3. The van der Waals surface area contributed by atoms with Crippen LogP contribution in [0.2, 0.25) is 0 Å². The molecule has 2 amide bonds. The molecule has 8 heteroatoms. The lowest BCUT2D eigenvalue weighted by atomic mass is 10.1. The summed E-state index contributed by atoms with van der Waals surface area (Å²) in [6.07, 6.45) is 3.65. The molecule has 2 aromatic carbocycles. The van der Waals surface area contributed by atoms with Crippen molar-refractivity contribution < 1.29 is 18.7 Å². The molecule has 2 N–H and O–H groups in total. The highest BCUT2D eigenvalue weighted by Crippen LogP contribution is 2.21. The Balaban J connectivity index is 1.79. The van der Waals surface area contributed by atoms with E-state index in [2.05, 4.69) is 22.7 Å². The molecule has 0 aliphatic rings. The summed E-state index contributed by atoms with van der Waals surface area (Å²) in [4.78, 5) is 24.3. The van der Waals surface area contributed by atoms with E-state index in [4.69, 9.17) is 4.74 Å². The number of hydrogen-bond acceptors (Lipinski definition) is 4. The predicted octanol–water partition coefficient (Wildman–Crippen LogP) is 5.49. The molecule has 174 valence electrons. The summed E-state index contributed by atoms with van der Waals surface area (Å²) >= 11 is 0. The quantitative estimate of drug-likeness (QED) is 0.398. The Labute approximate surface area is 193 Å². The third-order valence-corrected chi connectivity index (χ3v) is 4.97. The van der Waals surface area contributed by atoms with Crippen LogP contribution < -0.4 is 10.6 Å². The Morgan fingerprint density at radius 1 is 1.03 bits per heavy atom. The van der Waals surface area contributed by atoms with Gasteiger partial charge in [0.2, 0.25) is 0 Å². The maximum atomic E-state index is 13.1. The number of nitrogens with one attached hydrogen (secondary N) is 2. The largest absolute Gasteiger partial charge is 0.466 e. The summed E-state index contributed by atoms with van der Waals surface area (Å²) in [5.41, 5.74) is 3.09. The highest BCUT2D eigenvalue weighted by molar-refractivity contribution is 5.99. The normalized spacial score (nSPS) is 10.6. The molecule has 0 atom stereocenters. The molecule has 0 saturated heterocycles. The average molecular weight is 453 g/mol. The number of carbonyl (C=O) groups is 2. The maximum absolute atomic E-state index is 13.1. The van der Waals surface area contributed by atoms with E-state index in [9.17, 15) is 14.0 Å². The minimum absolute atomic E-state index is 0.233. The van der Waals surface area contributed by atoms with Gasteiger partial charge in [0.1, 0.15) is 11.6 Å². The van der Waals surface area contributed by atoms with E-state index in [-0.39, 0.29) is 11.8 Å². The summed E-state index contributed by atoms with van der Waals surface area (Å²) in [5.74, 6) is -0.0886. The molecule has 0 saturated carbocycles. The van der Waals surface area contributed by atoms with Crippen LogP contribution in [0, 0.1) is 5.82 Å². The van der Waals surface area contributed by atoms with Crippen LogP contribution in [0.5, 0.6) is 0 Å². The van der Waals surface area contributed by atoms with Crippen molar-refractivity contribution >= 4 is 23.5 Å². The molecule has 0 unspecified atom stereocenters. The third-order valence-electron chi connectivity index (χ3n) is 4.97. The first kappa shape index (κ1) is 24.0. The molecular weight excluding hydrogens is 423 g/mol. The zero-order valence-corrected chi connectivity index (χ0v) is 18.9. The van der Waals surface area contributed by atoms with Gasteiger partial charge in [-0.15, -0.1) is 0 Å². The van der Waals surface area contributed by atoms with Crippen molar-refractivity contribution in [2.75, 3.05) is 17.2 Å². The zero-order valence-electron chi connectivity index (χ0n) is 18.9. The Morgan fingerprint density at radius 3 is 2.55 bits per heavy atom. The SMILES string of the molecule is CCCCc1cc(NC(=O)Nc2ccc(F)cc2)n(-c2cccc(CCC(=O)OCC)c2)n1. The molecule has 0 fully saturated rings. The molecule has 0 bridgehead atoms. The molecule has 1 heterocycles. The van der Waals surface area contributed by atoms with Crippen LogP contribution in [0.15, 0.2) is 54.6 Å². The van der Waals surface area contributed by atoms with E-state index in [1.54, 1.807) is 11.6 Å². The number of anilines is 2. The van der Waals surface area contributed by atoms with Gasteiger partial charge < -0.3 is 10.1 Å². The minimum atomic E-state index is -0.455. The first-order chi connectivity index (χ1) is 16.0. The number of carbonyl (C=O) groups excluding carboxylic acids is 2. The summed E-state index contributed by atoms with van der Waals surface area (Å²) in [6.45, 7) is 4.26.